The number of ether oxygens (including phenoxy) is 1. The zero-order chi connectivity index (χ0) is 17.9. The van der Waals surface area contributed by atoms with Crippen molar-refractivity contribution >= 4 is 21.4 Å². The van der Waals surface area contributed by atoms with E-state index in [1.807, 2.05) is 42.5 Å². The van der Waals surface area contributed by atoms with E-state index >= 15 is 0 Å². The van der Waals surface area contributed by atoms with Crippen LogP contribution < -0.4 is 10.1 Å². The molecular weight excluding hydrogens is 338 g/mol. The molecule has 25 heavy (non-hydrogen) atoms. The monoisotopic (exact) mass is 359 g/mol. The zero-order valence-corrected chi connectivity index (χ0v) is 14.9. The van der Waals surface area contributed by atoms with Crippen LogP contribution >= 0.6 is 0 Å². The number of anilines is 1. The van der Waals surface area contributed by atoms with Crippen molar-refractivity contribution in [2.24, 2.45) is 5.92 Å². The maximum atomic E-state index is 12.3. The van der Waals surface area contributed by atoms with E-state index in [4.69, 9.17) is 4.74 Å². The summed E-state index contributed by atoms with van der Waals surface area (Å²) in [6.45, 7) is 0. The van der Waals surface area contributed by atoms with Crippen LogP contribution in [0.3, 0.4) is 0 Å². The predicted octanol–water partition coefficient (Wildman–Crippen LogP) is 2.66. The van der Waals surface area contributed by atoms with Crippen LogP contribution in [0.2, 0.25) is 0 Å². The van der Waals surface area contributed by atoms with Crippen molar-refractivity contribution in [1.82, 2.24) is 0 Å². The van der Waals surface area contributed by atoms with Gasteiger partial charge in [-0.25, -0.2) is 8.42 Å². The number of nitrogens with one attached hydrogen (secondary N) is 1. The summed E-state index contributed by atoms with van der Waals surface area (Å²) in [6, 6.07) is 15.5. The van der Waals surface area contributed by atoms with Gasteiger partial charge in [-0.3, -0.25) is 4.79 Å². The molecular formula is C19H21NO4S. The molecule has 0 saturated carbocycles. The minimum absolute atomic E-state index is 0.0636. The van der Waals surface area contributed by atoms with Gasteiger partial charge in [0.25, 0.3) is 0 Å². The molecule has 0 bridgehead atoms. The number of hydrogen-bond acceptors (Lipinski definition) is 4. The number of methoxy groups -OCH3 is 1. The topological polar surface area (TPSA) is 72.5 Å². The van der Waals surface area contributed by atoms with E-state index in [-0.39, 0.29) is 17.4 Å². The average molecular weight is 359 g/mol. The van der Waals surface area contributed by atoms with Crippen molar-refractivity contribution in [2.75, 3.05) is 23.9 Å². The second kappa shape index (κ2) is 7.27. The van der Waals surface area contributed by atoms with Crippen molar-refractivity contribution in [2.45, 2.75) is 12.8 Å². The van der Waals surface area contributed by atoms with Gasteiger partial charge in [-0.1, -0.05) is 30.3 Å². The standard InChI is InChI=1S/C19H21NO4S/c1-24-18-8-7-17(12-16(18)11-14-5-3-2-4-6-14)20-19(21)15-9-10-25(22,23)13-15/h2-8,12,15H,9-11,13H2,1H3,(H,20,21)/t15-/m1/s1. The molecule has 2 aromatic carbocycles. The van der Waals surface area contributed by atoms with Gasteiger partial charge >= 0.3 is 0 Å². The van der Waals surface area contributed by atoms with Gasteiger partial charge in [0, 0.05) is 17.7 Å². The molecule has 1 aliphatic rings. The van der Waals surface area contributed by atoms with Gasteiger partial charge in [0.05, 0.1) is 24.5 Å². The molecule has 1 aliphatic heterocycles. The van der Waals surface area contributed by atoms with Crippen molar-refractivity contribution in [3.8, 4) is 5.75 Å². The number of carbonyl (C=O) groups is 1. The number of sulfone groups is 1. The van der Waals surface area contributed by atoms with Crippen LogP contribution in [0.4, 0.5) is 5.69 Å². The van der Waals surface area contributed by atoms with Gasteiger partial charge < -0.3 is 10.1 Å². The van der Waals surface area contributed by atoms with Crippen LogP contribution in [-0.2, 0) is 21.1 Å². The first-order chi connectivity index (χ1) is 12.0. The number of amides is 1. The first-order valence-corrected chi connectivity index (χ1v) is 10.0. The van der Waals surface area contributed by atoms with Gasteiger partial charge in [-0.2, -0.15) is 0 Å². The normalized spacial score (nSPS) is 18.7. The molecule has 1 N–H and O–H groups in total. The van der Waals surface area contributed by atoms with Crippen LogP contribution in [0.15, 0.2) is 48.5 Å². The molecule has 5 nitrogen and oxygen atoms in total. The fraction of sp³-hybridized carbons (Fsp3) is 0.316. The van der Waals surface area contributed by atoms with E-state index in [1.165, 1.54) is 0 Å². The third-order valence-corrected chi connectivity index (χ3v) is 6.16. The average Bonchev–Trinajstić information content (AvgIpc) is 2.96. The lowest BCUT2D eigenvalue weighted by Gasteiger charge is -2.13. The number of rotatable bonds is 5. The lowest BCUT2D eigenvalue weighted by Crippen LogP contribution is -2.23. The number of benzene rings is 2. The molecule has 132 valence electrons. The van der Waals surface area contributed by atoms with Crippen molar-refractivity contribution in [1.29, 1.82) is 0 Å². The molecule has 3 rings (SSSR count). The summed E-state index contributed by atoms with van der Waals surface area (Å²) in [5.74, 6) is 0.0746. The molecule has 1 saturated heterocycles. The fourth-order valence-electron chi connectivity index (χ4n) is 3.06. The predicted molar refractivity (Wildman–Crippen MR) is 97.6 cm³/mol. The highest BCUT2D eigenvalue weighted by molar-refractivity contribution is 7.91. The fourth-order valence-corrected chi connectivity index (χ4v) is 4.80. The third kappa shape index (κ3) is 4.39. The summed E-state index contributed by atoms with van der Waals surface area (Å²) in [7, 11) is -1.46. The van der Waals surface area contributed by atoms with Gasteiger partial charge in [-0.15, -0.1) is 0 Å². The first-order valence-electron chi connectivity index (χ1n) is 8.19. The summed E-state index contributed by atoms with van der Waals surface area (Å²) in [5, 5.41) is 2.84. The Morgan fingerprint density at radius 1 is 1.20 bits per heavy atom. The Hall–Kier alpha value is -2.34. The highest BCUT2D eigenvalue weighted by Gasteiger charge is 2.32. The van der Waals surface area contributed by atoms with Gasteiger partial charge in [0.2, 0.25) is 5.91 Å². The molecule has 1 amide bonds. The van der Waals surface area contributed by atoms with Crippen LogP contribution in [0.25, 0.3) is 0 Å². The molecule has 0 aromatic heterocycles. The van der Waals surface area contributed by atoms with Crippen LogP contribution in [0, 0.1) is 5.92 Å². The molecule has 0 radical (unpaired) electrons. The molecule has 0 unspecified atom stereocenters. The van der Waals surface area contributed by atoms with Gasteiger partial charge in [0.1, 0.15) is 5.75 Å². The van der Waals surface area contributed by atoms with Crippen LogP contribution in [0.1, 0.15) is 17.5 Å². The maximum absolute atomic E-state index is 12.3. The Labute approximate surface area is 147 Å². The van der Waals surface area contributed by atoms with Crippen molar-refractivity contribution in [3.05, 3.63) is 59.7 Å². The smallest absolute Gasteiger partial charge is 0.228 e. The van der Waals surface area contributed by atoms with Gasteiger partial charge in [0.15, 0.2) is 9.84 Å². The van der Waals surface area contributed by atoms with Crippen LogP contribution in [-0.4, -0.2) is 32.9 Å². The number of hydrogen-bond donors (Lipinski definition) is 1. The zero-order valence-electron chi connectivity index (χ0n) is 14.1. The quantitative estimate of drug-likeness (QED) is 0.891. The summed E-state index contributed by atoms with van der Waals surface area (Å²) >= 11 is 0. The van der Waals surface area contributed by atoms with E-state index in [0.29, 0.717) is 18.5 Å². The largest absolute Gasteiger partial charge is 0.496 e. The molecule has 0 aliphatic carbocycles. The highest BCUT2D eigenvalue weighted by Crippen LogP contribution is 2.26. The molecule has 1 atom stereocenters. The van der Waals surface area contributed by atoms with E-state index in [2.05, 4.69) is 5.32 Å². The highest BCUT2D eigenvalue weighted by atomic mass is 32.2. The molecule has 6 heteroatoms. The first kappa shape index (κ1) is 17.5. The summed E-state index contributed by atoms with van der Waals surface area (Å²) in [4.78, 5) is 12.3. The Bertz CT molecular complexity index is 862. The SMILES string of the molecule is COc1ccc(NC(=O)[C@@H]2CCS(=O)(=O)C2)cc1Cc1ccccc1. The van der Waals surface area contributed by atoms with E-state index in [1.54, 1.807) is 13.2 Å². The molecule has 1 heterocycles. The Kier molecular flexibility index (Phi) is 5.08. The van der Waals surface area contributed by atoms with Gasteiger partial charge in [-0.05, 0) is 30.2 Å². The van der Waals surface area contributed by atoms with Crippen LogP contribution in [0.5, 0.6) is 5.75 Å². The lowest BCUT2D eigenvalue weighted by atomic mass is 10.0. The number of carbonyl (C=O) groups excluding carboxylic acids is 1. The maximum Gasteiger partial charge on any atom is 0.228 e. The minimum Gasteiger partial charge on any atom is -0.496 e. The Morgan fingerprint density at radius 2 is 1.96 bits per heavy atom. The second-order valence-corrected chi connectivity index (χ2v) is 8.51. The van der Waals surface area contributed by atoms with Crippen molar-refractivity contribution < 1.29 is 17.9 Å². The van der Waals surface area contributed by atoms with E-state index in [0.717, 1.165) is 16.9 Å². The minimum atomic E-state index is -3.07. The van der Waals surface area contributed by atoms with Crippen molar-refractivity contribution in [3.63, 3.8) is 0 Å². The lowest BCUT2D eigenvalue weighted by molar-refractivity contribution is -0.119. The molecule has 1 fully saturated rings. The summed E-state index contributed by atoms with van der Waals surface area (Å²) in [5.41, 5.74) is 2.76. The molecule has 0 spiro atoms. The Morgan fingerprint density at radius 3 is 2.60 bits per heavy atom. The Balaban J connectivity index is 1.76. The second-order valence-electron chi connectivity index (χ2n) is 6.28. The summed E-state index contributed by atoms with van der Waals surface area (Å²) < 4.78 is 28.5. The van der Waals surface area contributed by atoms with E-state index < -0.39 is 15.8 Å². The van der Waals surface area contributed by atoms with E-state index in [9.17, 15) is 13.2 Å². The summed E-state index contributed by atoms with van der Waals surface area (Å²) in [6.07, 6.45) is 1.08. The third-order valence-electron chi connectivity index (χ3n) is 4.39. The molecule has 2 aromatic rings.